The molecule has 156 valence electrons. The number of thiophene rings is 1. The van der Waals surface area contributed by atoms with Crippen molar-refractivity contribution in [2.45, 2.75) is 6.92 Å². The van der Waals surface area contributed by atoms with Crippen molar-refractivity contribution >= 4 is 29.2 Å². The van der Waals surface area contributed by atoms with Crippen LogP contribution in [0.15, 0.2) is 90.0 Å². The minimum absolute atomic E-state index is 0.180. The molecule has 5 rings (SSSR count). The molecule has 0 saturated heterocycles. The van der Waals surface area contributed by atoms with E-state index in [1.807, 2.05) is 47.8 Å². The van der Waals surface area contributed by atoms with E-state index in [9.17, 15) is 9.59 Å². The average molecular weight is 439 g/mol. The van der Waals surface area contributed by atoms with E-state index in [2.05, 4.69) is 12.1 Å². The van der Waals surface area contributed by atoms with Crippen molar-refractivity contribution in [3.8, 4) is 22.6 Å². The first-order valence-electron chi connectivity index (χ1n) is 10.1. The molecular formula is C27H18O4S. The first kappa shape index (κ1) is 20.0. The molecule has 0 N–H and O–H groups in total. The van der Waals surface area contributed by atoms with Crippen LogP contribution in [0.3, 0.4) is 0 Å². The number of hydrogen-bond acceptors (Lipinski definition) is 5. The summed E-state index contributed by atoms with van der Waals surface area (Å²) in [6, 6.07) is 24.8. The number of rotatable bonds is 4. The van der Waals surface area contributed by atoms with E-state index in [-0.39, 0.29) is 11.5 Å². The maximum Gasteiger partial charge on any atom is 0.353 e. The normalized spacial score (nSPS) is 13.7. The van der Waals surface area contributed by atoms with Gasteiger partial charge in [-0.3, -0.25) is 4.79 Å². The lowest BCUT2D eigenvalue weighted by Crippen LogP contribution is -2.06. The van der Waals surface area contributed by atoms with E-state index in [4.69, 9.17) is 9.47 Å². The lowest BCUT2D eigenvalue weighted by Gasteiger charge is -2.06. The van der Waals surface area contributed by atoms with Gasteiger partial charge in [0.25, 0.3) is 0 Å². The monoisotopic (exact) mass is 438 g/mol. The summed E-state index contributed by atoms with van der Waals surface area (Å²) in [5.41, 5.74) is 4.29. The van der Waals surface area contributed by atoms with Crippen LogP contribution in [0, 0.1) is 6.92 Å². The van der Waals surface area contributed by atoms with Gasteiger partial charge in [-0.05, 0) is 52.8 Å². The van der Waals surface area contributed by atoms with Gasteiger partial charge in [0.15, 0.2) is 5.76 Å². The molecule has 1 aliphatic rings. The van der Waals surface area contributed by atoms with E-state index in [0.29, 0.717) is 27.5 Å². The number of benzene rings is 3. The lowest BCUT2D eigenvalue weighted by molar-refractivity contribution is 0.0739. The minimum Gasteiger partial charge on any atom is -0.452 e. The number of fused-ring (bicyclic) bond motifs is 1. The van der Waals surface area contributed by atoms with Gasteiger partial charge in [-0.25, -0.2) is 4.79 Å². The van der Waals surface area contributed by atoms with E-state index < -0.39 is 5.97 Å². The van der Waals surface area contributed by atoms with Crippen LogP contribution in [0.25, 0.3) is 17.2 Å². The third-order valence-electron chi connectivity index (χ3n) is 5.19. The Morgan fingerprint density at radius 2 is 1.69 bits per heavy atom. The molecule has 0 atom stereocenters. The largest absolute Gasteiger partial charge is 0.452 e. The highest BCUT2D eigenvalue weighted by Gasteiger charge is 2.30. The van der Waals surface area contributed by atoms with Crippen molar-refractivity contribution in [3.63, 3.8) is 0 Å². The fourth-order valence-electron chi connectivity index (χ4n) is 3.64. The van der Waals surface area contributed by atoms with E-state index in [1.165, 1.54) is 11.3 Å². The van der Waals surface area contributed by atoms with Crippen molar-refractivity contribution in [1.82, 2.24) is 0 Å². The smallest absolute Gasteiger partial charge is 0.353 e. The van der Waals surface area contributed by atoms with Gasteiger partial charge in [0.1, 0.15) is 16.4 Å². The summed E-state index contributed by atoms with van der Waals surface area (Å²) in [6.07, 6.45) is 1.73. The van der Waals surface area contributed by atoms with E-state index in [1.54, 1.807) is 37.3 Å². The number of aryl methyl sites for hydroxylation is 1. The standard InChI is InChI=1S/C27H18O4S/c1-17-14-21(30-27(29)24-8-5-13-32-24)16-22-25(17)26(28)23(31-22)15-18-9-11-20(12-10-18)19-6-3-2-4-7-19/h2-16H,1H3/b23-15-. The Labute approximate surface area is 189 Å². The van der Waals surface area contributed by atoms with Crippen LogP contribution in [-0.2, 0) is 0 Å². The highest BCUT2D eigenvalue weighted by molar-refractivity contribution is 7.12. The molecule has 32 heavy (non-hydrogen) atoms. The van der Waals surface area contributed by atoms with Gasteiger partial charge < -0.3 is 9.47 Å². The molecule has 0 radical (unpaired) electrons. The Kier molecular flexibility index (Phi) is 5.17. The molecule has 1 aromatic heterocycles. The van der Waals surface area contributed by atoms with Gasteiger partial charge in [0.2, 0.25) is 5.78 Å². The van der Waals surface area contributed by atoms with E-state index in [0.717, 1.165) is 16.7 Å². The highest BCUT2D eigenvalue weighted by Crippen LogP contribution is 2.38. The van der Waals surface area contributed by atoms with Crippen LogP contribution in [0.2, 0.25) is 0 Å². The molecule has 0 unspecified atom stereocenters. The Morgan fingerprint density at radius 1 is 0.938 bits per heavy atom. The first-order valence-corrected chi connectivity index (χ1v) is 11.0. The van der Waals surface area contributed by atoms with Crippen LogP contribution >= 0.6 is 11.3 Å². The maximum atomic E-state index is 12.9. The predicted molar refractivity (Wildman–Crippen MR) is 125 cm³/mol. The second-order valence-corrected chi connectivity index (χ2v) is 8.36. The third kappa shape index (κ3) is 3.86. The summed E-state index contributed by atoms with van der Waals surface area (Å²) in [5.74, 6) is 0.382. The number of allylic oxidation sites excluding steroid dienone is 1. The van der Waals surface area contributed by atoms with Crippen LogP contribution in [0.4, 0.5) is 0 Å². The minimum atomic E-state index is -0.432. The maximum absolute atomic E-state index is 12.9. The summed E-state index contributed by atoms with van der Waals surface area (Å²) in [6.45, 7) is 1.81. The second-order valence-electron chi connectivity index (χ2n) is 7.41. The molecule has 5 heteroatoms. The van der Waals surface area contributed by atoms with Crippen molar-refractivity contribution in [2.24, 2.45) is 0 Å². The van der Waals surface area contributed by atoms with Crippen LogP contribution < -0.4 is 9.47 Å². The van der Waals surface area contributed by atoms with E-state index >= 15 is 0 Å². The molecule has 0 saturated carbocycles. The van der Waals surface area contributed by atoms with Gasteiger partial charge in [0.05, 0.1) is 5.56 Å². The van der Waals surface area contributed by atoms with Crippen molar-refractivity contribution in [2.75, 3.05) is 0 Å². The molecule has 2 heterocycles. The molecule has 4 nitrogen and oxygen atoms in total. The molecule has 0 aliphatic carbocycles. The summed E-state index contributed by atoms with van der Waals surface area (Å²) in [5, 5.41) is 1.82. The predicted octanol–water partition coefficient (Wildman–Crippen LogP) is 6.56. The number of ketones is 1. The third-order valence-corrected chi connectivity index (χ3v) is 6.04. The number of ether oxygens (including phenoxy) is 2. The van der Waals surface area contributed by atoms with Crippen molar-refractivity contribution in [3.05, 3.63) is 112 Å². The quantitative estimate of drug-likeness (QED) is 0.206. The summed E-state index contributed by atoms with van der Waals surface area (Å²) in [4.78, 5) is 25.7. The molecule has 4 aromatic rings. The lowest BCUT2D eigenvalue weighted by atomic mass is 10.0. The van der Waals surface area contributed by atoms with Crippen LogP contribution in [0.5, 0.6) is 11.5 Å². The van der Waals surface area contributed by atoms with Crippen LogP contribution in [-0.4, -0.2) is 11.8 Å². The van der Waals surface area contributed by atoms with Crippen molar-refractivity contribution < 1.29 is 19.1 Å². The van der Waals surface area contributed by atoms with Gasteiger partial charge >= 0.3 is 5.97 Å². The molecule has 1 aliphatic heterocycles. The summed E-state index contributed by atoms with van der Waals surface area (Å²) >= 11 is 1.31. The number of Topliss-reactive ketones (excluding diaryl/α,β-unsaturated/α-hetero) is 1. The SMILES string of the molecule is Cc1cc(OC(=O)c2cccs2)cc2c1C(=O)/C(=C/c1ccc(-c3ccccc3)cc1)O2. The molecule has 0 fully saturated rings. The van der Waals surface area contributed by atoms with Gasteiger partial charge in [0, 0.05) is 6.07 Å². The van der Waals surface area contributed by atoms with Gasteiger partial charge in [-0.1, -0.05) is 60.7 Å². The number of hydrogen-bond donors (Lipinski definition) is 0. The fraction of sp³-hybridized carbons (Fsp3) is 0.0370. The zero-order valence-corrected chi connectivity index (χ0v) is 18.0. The number of carbonyl (C=O) groups excluding carboxylic acids is 2. The summed E-state index contributed by atoms with van der Waals surface area (Å²) < 4.78 is 11.3. The zero-order valence-electron chi connectivity index (χ0n) is 17.2. The number of esters is 1. The highest BCUT2D eigenvalue weighted by atomic mass is 32.1. The second kappa shape index (κ2) is 8.29. The average Bonchev–Trinajstić information content (AvgIpc) is 3.44. The zero-order chi connectivity index (χ0) is 22.1. The van der Waals surface area contributed by atoms with Crippen molar-refractivity contribution in [1.29, 1.82) is 0 Å². The molecule has 0 spiro atoms. The summed E-state index contributed by atoms with van der Waals surface area (Å²) in [7, 11) is 0. The fourth-order valence-corrected chi connectivity index (χ4v) is 4.24. The molecular weight excluding hydrogens is 420 g/mol. The molecule has 3 aromatic carbocycles. The van der Waals surface area contributed by atoms with Gasteiger partial charge in [-0.15, -0.1) is 11.3 Å². The first-order chi connectivity index (χ1) is 15.6. The molecule has 0 amide bonds. The Morgan fingerprint density at radius 3 is 2.41 bits per heavy atom. The Bertz CT molecular complexity index is 1330. The van der Waals surface area contributed by atoms with Crippen LogP contribution in [0.1, 0.15) is 31.2 Å². The Hall–Kier alpha value is -3.96. The topological polar surface area (TPSA) is 52.6 Å². The Balaban J connectivity index is 1.38. The van der Waals surface area contributed by atoms with Gasteiger partial charge in [-0.2, -0.15) is 0 Å². The molecule has 0 bridgehead atoms. The number of carbonyl (C=O) groups is 2.